The molecule has 2 atom stereocenters. The first-order valence-electron chi connectivity index (χ1n) is 7.40. The van der Waals surface area contributed by atoms with Crippen molar-refractivity contribution in [1.29, 1.82) is 0 Å². The Labute approximate surface area is 109 Å². The van der Waals surface area contributed by atoms with E-state index in [1.807, 2.05) is 0 Å². The second-order valence-corrected chi connectivity index (χ2v) is 5.90. The fourth-order valence-corrected chi connectivity index (χ4v) is 3.30. The molecule has 2 aliphatic rings. The van der Waals surface area contributed by atoms with Gasteiger partial charge in [-0.1, -0.05) is 24.4 Å². The Balaban J connectivity index is 1.68. The summed E-state index contributed by atoms with van der Waals surface area (Å²) >= 11 is 0. The van der Waals surface area contributed by atoms with E-state index in [4.69, 9.17) is 4.52 Å². The lowest BCUT2D eigenvalue weighted by molar-refractivity contribution is 0.292. The number of nitrogens with zero attached hydrogens (tertiary/aromatic N) is 2. The van der Waals surface area contributed by atoms with Gasteiger partial charge in [-0.15, -0.1) is 0 Å². The number of hydrogen-bond acceptors (Lipinski definition) is 4. The Kier molecular flexibility index (Phi) is 3.64. The van der Waals surface area contributed by atoms with Gasteiger partial charge in [0.25, 0.3) is 0 Å². The quantitative estimate of drug-likeness (QED) is 0.875. The van der Waals surface area contributed by atoms with Crippen molar-refractivity contribution in [2.24, 2.45) is 0 Å². The lowest BCUT2D eigenvalue weighted by Gasteiger charge is -2.25. The first-order valence-corrected chi connectivity index (χ1v) is 7.40. The van der Waals surface area contributed by atoms with Crippen LogP contribution in [0, 0.1) is 0 Å². The summed E-state index contributed by atoms with van der Waals surface area (Å²) < 4.78 is 5.52. The Morgan fingerprint density at radius 2 is 1.94 bits per heavy atom. The predicted octanol–water partition coefficient (Wildman–Crippen LogP) is 2.97. The zero-order valence-electron chi connectivity index (χ0n) is 11.2. The summed E-state index contributed by atoms with van der Waals surface area (Å²) in [5, 5.41) is 7.70. The number of aromatic nitrogens is 2. The molecule has 1 N–H and O–H groups in total. The fraction of sp³-hybridized carbons (Fsp3) is 0.857. The molecular weight excluding hydrogens is 226 g/mol. The maximum Gasteiger partial charge on any atom is 0.229 e. The molecule has 2 fully saturated rings. The van der Waals surface area contributed by atoms with Crippen molar-refractivity contribution in [2.45, 2.75) is 69.7 Å². The van der Waals surface area contributed by atoms with Gasteiger partial charge < -0.3 is 9.84 Å². The van der Waals surface area contributed by atoms with Gasteiger partial charge in [0.2, 0.25) is 5.89 Å². The van der Waals surface area contributed by atoms with Crippen molar-refractivity contribution in [3.05, 3.63) is 11.7 Å². The summed E-state index contributed by atoms with van der Waals surface area (Å²) in [7, 11) is 0. The maximum atomic E-state index is 5.52. The number of piperidine rings is 1. The molecule has 0 bridgehead atoms. The molecule has 3 rings (SSSR count). The van der Waals surface area contributed by atoms with Crippen molar-refractivity contribution in [1.82, 2.24) is 15.5 Å². The molecule has 18 heavy (non-hydrogen) atoms. The summed E-state index contributed by atoms with van der Waals surface area (Å²) in [6.45, 7) is 3.29. The second kappa shape index (κ2) is 5.39. The van der Waals surface area contributed by atoms with Gasteiger partial charge in [-0.2, -0.15) is 4.98 Å². The molecule has 0 radical (unpaired) electrons. The van der Waals surface area contributed by atoms with Gasteiger partial charge in [0.15, 0.2) is 5.82 Å². The van der Waals surface area contributed by atoms with Crippen LogP contribution in [0.3, 0.4) is 0 Å². The summed E-state index contributed by atoms with van der Waals surface area (Å²) in [4.78, 5) is 4.69. The van der Waals surface area contributed by atoms with E-state index in [9.17, 15) is 0 Å². The second-order valence-electron chi connectivity index (χ2n) is 5.90. The number of hydrogen-bond donors (Lipinski definition) is 1. The third-order valence-corrected chi connectivity index (χ3v) is 4.40. The average molecular weight is 249 g/mol. The zero-order chi connectivity index (χ0) is 12.4. The highest BCUT2D eigenvalue weighted by Crippen LogP contribution is 2.33. The molecule has 0 amide bonds. The van der Waals surface area contributed by atoms with Crippen LogP contribution in [0.4, 0.5) is 0 Å². The Morgan fingerprint density at radius 1 is 1.11 bits per heavy atom. The highest BCUT2D eigenvalue weighted by atomic mass is 16.5. The summed E-state index contributed by atoms with van der Waals surface area (Å²) in [5.41, 5.74) is 0. The standard InChI is InChI=1S/C14H23N3O/c1-10-9-12(7-8-15-10)14-16-13(17-18-14)11-5-3-2-4-6-11/h10-12,15H,2-9H2,1H3. The van der Waals surface area contributed by atoms with Gasteiger partial charge in [-0.05, 0) is 39.2 Å². The van der Waals surface area contributed by atoms with E-state index in [0.717, 1.165) is 31.1 Å². The van der Waals surface area contributed by atoms with E-state index < -0.39 is 0 Å². The van der Waals surface area contributed by atoms with E-state index in [-0.39, 0.29) is 0 Å². The van der Waals surface area contributed by atoms with E-state index in [2.05, 4.69) is 22.4 Å². The number of nitrogens with one attached hydrogen (secondary N) is 1. The van der Waals surface area contributed by atoms with E-state index >= 15 is 0 Å². The van der Waals surface area contributed by atoms with Crippen LogP contribution < -0.4 is 5.32 Å². The van der Waals surface area contributed by atoms with Crippen LogP contribution >= 0.6 is 0 Å². The minimum Gasteiger partial charge on any atom is -0.339 e. The molecule has 1 saturated heterocycles. The largest absolute Gasteiger partial charge is 0.339 e. The lowest BCUT2D eigenvalue weighted by Crippen LogP contribution is -2.34. The van der Waals surface area contributed by atoms with Crippen LogP contribution in [0.15, 0.2) is 4.52 Å². The van der Waals surface area contributed by atoms with E-state index in [0.29, 0.717) is 17.9 Å². The third-order valence-electron chi connectivity index (χ3n) is 4.40. The first-order chi connectivity index (χ1) is 8.83. The molecule has 1 aromatic rings. The summed E-state index contributed by atoms with van der Waals surface area (Å²) in [6.07, 6.45) is 8.72. The molecule has 1 aromatic heterocycles. The van der Waals surface area contributed by atoms with E-state index in [1.165, 1.54) is 32.1 Å². The van der Waals surface area contributed by atoms with Crippen molar-refractivity contribution >= 4 is 0 Å². The fourth-order valence-electron chi connectivity index (χ4n) is 3.30. The predicted molar refractivity (Wildman–Crippen MR) is 69.6 cm³/mol. The van der Waals surface area contributed by atoms with Crippen LogP contribution in [-0.4, -0.2) is 22.7 Å². The smallest absolute Gasteiger partial charge is 0.229 e. The van der Waals surface area contributed by atoms with Crippen LogP contribution in [0.25, 0.3) is 0 Å². The molecule has 100 valence electrons. The van der Waals surface area contributed by atoms with Crippen LogP contribution in [-0.2, 0) is 0 Å². The van der Waals surface area contributed by atoms with Crippen LogP contribution in [0.1, 0.15) is 75.4 Å². The van der Waals surface area contributed by atoms with Crippen LogP contribution in [0.5, 0.6) is 0 Å². The van der Waals surface area contributed by atoms with Crippen molar-refractivity contribution in [3.8, 4) is 0 Å². The third kappa shape index (κ3) is 2.58. The van der Waals surface area contributed by atoms with Gasteiger partial charge in [-0.25, -0.2) is 0 Å². The highest BCUT2D eigenvalue weighted by molar-refractivity contribution is 5.02. The molecule has 4 heteroatoms. The number of rotatable bonds is 2. The highest BCUT2D eigenvalue weighted by Gasteiger charge is 2.27. The minimum atomic E-state index is 0.464. The molecule has 4 nitrogen and oxygen atoms in total. The minimum absolute atomic E-state index is 0.464. The average Bonchev–Trinajstić information content (AvgIpc) is 2.89. The van der Waals surface area contributed by atoms with Crippen molar-refractivity contribution in [3.63, 3.8) is 0 Å². The molecule has 2 unspecified atom stereocenters. The van der Waals surface area contributed by atoms with Gasteiger partial charge >= 0.3 is 0 Å². The normalized spacial score (nSPS) is 30.5. The monoisotopic (exact) mass is 249 g/mol. The van der Waals surface area contributed by atoms with Gasteiger partial charge in [0.05, 0.1) is 0 Å². The topological polar surface area (TPSA) is 51.0 Å². The molecule has 1 saturated carbocycles. The van der Waals surface area contributed by atoms with Gasteiger partial charge in [0.1, 0.15) is 0 Å². The lowest BCUT2D eigenvalue weighted by atomic mass is 9.88. The molecule has 0 spiro atoms. The van der Waals surface area contributed by atoms with Crippen molar-refractivity contribution < 1.29 is 4.52 Å². The van der Waals surface area contributed by atoms with Gasteiger partial charge in [-0.3, -0.25) is 0 Å². The summed E-state index contributed by atoms with van der Waals surface area (Å²) in [5.74, 6) is 2.86. The zero-order valence-corrected chi connectivity index (χ0v) is 11.2. The van der Waals surface area contributed by atoms with Crippen LogP contribution in [0.2, 0.25) is 0 Å². The molecule has 1 aliphatic heterocycles. The van der Waals surface area contributed by atoms with E-state index in [1.54, 1.807) is 0 Å². The molecule has 0 aromatic carbocycles. The SMILES string of the molecule is CC1CC(c2nc(C3CCCCC3)no2)CCN1. The van der Waals surface area contributed by atoms with Crippen molar-refractivity contribution in [2.75, 3.05) is 6.54 Å². The Morgan fingerprint density at radius 3 is 2.72 bits per heavy atom. The first kappa shape index (κ1) is 12.2. The van der Waals surface area contributed by atoms with Gasteiger partial charge in [0, 0.05) is 17.9 Å². The Bertz CT molecular complexity index is 384. The summed E-state index contributed by atoms with van der Waals surface area (Å²) in [6, 6.07) is 0.564. The maximum absolute atomic E-state index is 5.52. The Hall–Kier alpha value is -0.900. The molecule has 1 aliphatic carbocycles. The molecule has 2 heterocycles. The molecular formula is C14H23N3O.